The molecule has 328 valence electrons. The molecular weight excluding hydrogens is 707 g/mol. The summed E-state index contributed by atoms with van der Waals surface area (Å²) in [5, 5.41) is 54.1. The number of rotatable bonds is 38. The second-order valence-corrected chi connectivity index (χ2v) is 16.2. The highest BCUT2D eigenvalue weighted by molar-refractivity contribution is 5.76. The Morgan fingerprint density at radius 3 is 1.48 bits per heavy atom. The molecule has 1 saturated heterocycles. The Kier molecular flexibility index (Phi) is 35.3. The van der Waals surface area contributed by atoms with Crippen molar-refractivity contribution in [3.8, 4) is 0 Å². The summed E-state index contributed by atoms with van der Waals surface area (Å²) in [7, 11) is 0. The van der Waals surface area contributed by atoms with E-state index in [1.54, 1.807) is 6.08 Å². The van der Waals surface area contributed by atoms with Crippen LogP contribution < -0.4 is 5.32 Å². The number of hydrogen-bond acceptors (Lipinski definition) is 8. The van der Waals surface area contributed by atoms with Gasteiger partial charge in [0.1, 0.15) is 24.4 Å². The maximum atomic E-state index is 12.9. The quantitative estimate of drug-likeness (QED) is 0.0268. The standard InChI is InChI=1S/C47H87NO8/c1-3-5-7-9-11-13-15-17-18-19-20-21-22-23-24-25-27-29-31-33-35-37-43(51)48-40(39-55-47-46(54)45(53)44(52)42(38-49)56-47)41(50)36-34-32-30-28-26-16-14-12-10-8-6-4-2/h10,12,26,28,34,36,40-42,44-47,49-50,52-54H,3-9,11,13-25,27,29-33,35,37-39H2,1-2H3,(H,48,51)/b12-10+,28-26+,36-34+. The highest BCUT2D eigenvalue weighted by Crippen LogP contribution is 2.22. The highest BCUT2D eigenvalue weighted by atomic mass is 16.7. The molecule has 1 fully saturated rings. The van der Waals surface area contributed by atoms with E-state index in [9.17, 15) is 30.3 Å². The zero-order valence-corrected chi connectivity index (χ0v) is 35.9. The minimum absolute atomic E-state index is 0.190. The summed E-state index contributed by atoms with van der Waals surface area (Å²) >= 11 is 0. The van der Waals surface area contributed by atoms with Crippen molar-refractivity contribution >= 4 is 5.91 Å². The average molecular weight is 794 g/mol. The molecule has 1 heterocycles. The average Bonchev–Trinajstić information content (AvgIpc) is 3.20. The predicted molar refractivity (Wildman–Crippen MR) is 230 cm³/mol. The Hall–Kier alpha value is -1.59. The van der Waals surface area contributed by atoms with Crippen LogP contribution in [0.5, 0.6) is 0 Å². The molecule has 9 heteroatoms. The molecular formula is C47H87NO8. The van der Waals surface area contributed by atoms with E-state index in [2.05, 4.69) is 43.5 Å². The van der Waals surface area contributed by atoms with Gasteiger partial charge in [-0.25, -0.2) is 0 Å². The van der Waals surface area contributed by atoms with Crippen molar-refractivity contribution in [1.82, 2.24) is 5.32 Å². The lowest BCUT2D eigenvalue weighted by Crippen LogP contribution is -2.60. The van der Waals surface area contributed by atoms with Crippen LogP contribution in [-0.4, -0.2) is 87.5 Å². The maximum Gasteiger partial charge on any atom is 0.220 e. The molecule has 0 aromatic carbocycles. The van der Waals surface area contributed by atoms with Crippen molar-refractivity contribution in [3.05, 3.63) is 36.5 Å². The van der Waals surface area contributed by atoms with E-state index in [1.807, 2.05) is 6.08 Å². The molecule has 0 saturated carbocycles. The fraction of sp³-hybridized carbons (Fsp3) is 0.851. The molecule has 0 bridgehead atoms. The molecule has 1 aliphatic rings. The van der Waals surface area contributed by atoms with Crippen molar-refractivity contribution in [2.75, 3.05) is 13.2 Å². The highest BCUT2D eigenvalue weighted by Gasteiger charge is 2.44. The summed E-state index contributed by atoms with van der Waals surface area (Å²) < 4.78 is 11.2. The molecule has 1 amide bonds. The van der Waals surface area contributed by atoms with E-state index in [0.29, 0.717) is 6.42 Å². The van der Waals surface area contributed by atoms with E-state index < -0.39 is 49.5 Å². The Morgan fingerprint density at radius 2 is 1.02 bits per heavy atom. The van der Waals surface area contributed by atoms with Crippen LogP contribution in [0.1, 0.15) is 200 Å². The first-order chi connectivity index (χ1) is 27.3. The monoisotopic (exact) mass is 794 g/mol. The number of aliphatic hydroxyl groups excluding tert-OH is 5. The lowest BCUT2D eigenvalue weighted by atomic mass is 9.99. The Bertz CT molecular complexity index is 972. The third-order valence-corrected chi connectivity index (χ3v) is 10.9. The fourth-order valence-corrected chi connectivity index (χ4v) is 7.17. The van der Waals surface area contributed by atoms with Gasteiger partial charge in [0.15, 0.2) is 6.29 Å². The van der Waals surface area contributed by atoms with Gasteiger partial charge in [-0.3, -0.25) is 4.79 Å². The number of nitrogens with one attached hydrogen (secondary N) is 1. The summed E-state index contributed by atoms with van der Waals surface area (Å²) in [6.45, 7) is 3.70. The number of aliphatic hydroxyl groups is 5. The van der Waals surface area contributed by atoms with Crippen LogP contribution in [-0.2, 0) is 14.3 Å². The number of ether oxygens (including phenoxy) is 2. The molecule has 0 radical (unpaired) electrons. The maximum absolute atomic E-state index is 12.9. The molecule has 6 N–H and O–H groups in total. The van der Waals surface area contributed by atoms with Crippen LogP contribution >= 0.6 is 0 Å². The van der Waals surface area contributed by atoms with Gasteiger partial charge in [0.05, 0.1) is 25.4 Å². The van der Waals surface area contributed by atoms with Gasteiger partial charge >= 0.3 is 0 Å². The Balaban J connectivity index is 2.31. The zero-order chi connectivity index (χ0) is 40.9. The summed E-state index contributed by atoms with van der Waals surface area (Å²) in [6, 6.07) is -0.823. The van der Waals surface area contributed by atoms with Gasteiger partial charge in [0.2, 0.25) is 5.91 Å². The number of unbranched alkanes of at least 4 members (excludes halogenated alkanes) is 24. The molecule has 9 nitrogen and oxygen atoms in total. The molecule has 0 aromatic rings. The number of carbonyl (C=O) groups is 1. The van der Waals surface area contributed by atoms with E-state index in [4.69, 9.17) is 9.47 Å². The van der Waals surface area contributed by atoms with Gasteiger partial charge < -0.3 is 40.3 Å². The topological polar surface area (TPSA) is 149 Å². The van der Waals surface area contributed by atoms with E-state index in [1.165, 1.54) is 128 Å². The first-order valence-electron chi connectivity index (χ1n) is 23.2. The van der Waals surface area contributed by atoms with E-state index in [0.717, 1.165) is 51.4 Å². The van der Waals surface area contributed by atoms with E-state index >= 15 is 0 Å². The van der Waals surface area contributed by atoms with Crippen molar-refractivity contribution in [3.63, 3.8) is 0 Å². The zero-order valence-electron chi connectivity index (χ0n) is 35.9. The number of carbonyl (C=O) groups excluding carboxylic acids is 1. The van der Waals surface area contributed by atoms with Gasteiger partial charge in [-0.05, 0) is 38.5 Å². The van der Waals surface area contributed by atoms with Crippen LogP contribution in [0.4, 0.5) is 0 Å². The van der Waals surface area contributed by atoms with Crippen LogP contribution in [0, 0.1) is 0 Å². The van der Waals surface area contributed by atoms with Crippen molar-refractivity contribution in [2.45, 2.75) is 243 Å². The number of hydrogen-bond donors (Lipinski definition) is 6. The van der Waals surface area contributed by atoms with Gasteiger partial charge in [0, 0.05) is 6.42 Å². The van der Waals surface area contributed by atoms with Crippen LogP contribution in [0.25, 0.3) is 0 Å². The molecule has 7 unspecified atom stereocenters. The molecule has 1 aliphatic heterocycles. The van der Waals surface area contributed by atoms with Crippen LogP contribution in [0.15, 0.2) is 36.5 Å². The number of amides is 1. The first-order valence-corrected chi connectivity index (χ1v) is 23.2. The fourth-order valence-electron chi connectivity index (χ4n) is 7.17. The Morgan fingerprint density at radius 1 is 0.589 bits per heavy atom. The van der Waals surface area contributed by atoms with Gasteiger partial charge in [-0.2, -0.15) is 0 Å². The third-order valence-electron chi connectivity index (χ3n) is 10.9. The summed E-state index contributed by atoms with van der Waals surface area (Å²) in [4.78, 5) is 12.9. The Labute approximate surface area is 342 Å². The smallest absolute Gasteiger partial charge is 0.220 e. The van der Waals surface area contributed by atoms with Gasteiger partial charge in [0.25, 0.3) is 0 Å². The second kappa shape index (κ2) is 37.7. The lowest BCUT2D eigenvalue weighted by molar-refractivity contribution is -0.302. The van der Waals surface area contributed by atoms with Crippen molar-refractivity contribution < 1.29 is 39.8 Å². The van der Waals surface area contributed by atoms with Crippen LogP contribution in [0.3, 0.4) is 0 Å². The SMILES string of the molecule is CCCC/C=C/CC/C=C/CC/C=C/C(O)C(COC1OC(CO)C(O)C(O)C1O)NC(=O)CCCCCCCCCCCCCCCCCCCCCCC. The van der Waals surface area contributed by atoms with Gasteiger partial charge in [-0.1, -0.05) is 192 Å². The summed E-state index contributed by atoms with van der Waals surface area (Å²) in [6.07, 6.45) is 39.1. The third kappa shape index (κ3) is 27.9. The normalized spacial score (nSPS) is 21.4. The minimum atomic E-state index is -1.57. The minimum Gasteiger partial charge on any atom is -0.394 e. The van der Waals surface area contributed by atoms with Crippen LogP contribution in [0.2, 0.25) is 0 Å². The summed E-state index contributed by atoms with van der Waals surface area (Å²) in [5.74, 6) is -0.190. The first kappa shape index (κ1) is 52.4. The lowest BCUT2D eigenvalue weighted by Gasteiger charge is -2.40. The molecule has 0 spiro atoms. The van der Waals surface area contributed by atoms with Crippen molar-refractivity contribution in [1.29, 1.82) is 0 Å². The van der Waals surface area contributed by atoms with E-state index in [-0.39, 0.29) is 12.5 Å². The number of allylic oxidation sites excluding steroid dienone is 5. The predicted octanol–water partition coefficient (Wildman–Crippen LogP) is 9.67. The summed E-state index contributed by atoms with van der Waals surface area (Å²) in [5.41, 5.74) is 0. The molecule has 7 atom stereocenters. The molecule has 1 rings (SSSR count). The van der Waals surface area contributed by atoms with Crippen molar-refractivity contribution in [2.24, 2.45) is 0 Å². The largest absolute Gasteiger partial charge is 0.394 e. The van der Waals surface area contributed by atoms with Gasteiger partial charge in [-0.15, -0.1) is 0 Å². The molecule has 56 heavy (non-hydrogen) atoms. The second-order valence-electron chi connectivity index (χ2n) is 16.2. The molecule has 0 aliphatic carbocycles. The molecule has 0 aromatic heterocycles.